The van der Waals surface area contributed by atoms with Crippen molar-refractivity contribution in [3.05, 3.63) is 65.6 Å². The number of hydrogen-bond donors (Lipinski definition) is 4. The van der Waals surface area contributed by atoms with E-state index in [-0.39, 0.29) is 28.4 Å². The summed E-state index contributed by atoms with van der Waals surface area (Å²) < 4.78 is 25.3. The van der Waals surface area contributed by atoms with Crippen molar-refractivity contribution in [1.82, 2.24) is 4.98 Å². The van der Waals surface area contributed by atoms with E-state index in [1.165, 1.54) is 43.9 Å². The molecule has 5 N–H and O–H groups in total. The number of oxazole rings is 1. The van der Waals surface area contributed by atoms with E-state index in [0.29, 0.717) is 23.2 Å². The summed E-state index contributed by atoms with van der Waals surface area (Å²) in [5, 5.41) is 9.12. The molecule has 0 aliphatic heterocycles. The first-order valence-electron chi connectivity index (χ1n) is 13.0. The van der Waals surface area contributed by atoms with E-state index in [1.54, 1.807) is 18.2 Å². The van der Waals surface area contributed by atoms with Crippen LogP contribution in [0.4, 0.5) is 26.2 Å². The Morgan fingerprint density at radius 2 is 1.79 bits per heavy atom. The van der Waals surface area contributed by atoms with Crippen molar-refractivity contribution in [3.63, 3.8) is 0 Å². The number of carbonyl (C=O) groups is 2. The highest BCUT2D eigenvalue weighted by molar-refractivity contribution is 6.30. The number of benzene rings is 2. The Labute approximate surface area is 231 Å². The van der Waals surface area contributed by atoms with E-state index in [2.05, 4.69) is 34.8 Å². The van der Waals surface area contributed by atoms with Crippen molar-refractivity contribution >= 4 is 40.6 Å². The lowest BCUT2D eigenvalue weighted by Gasteiger charge is -2.35. The lowest BCUT2D eigenvalue weighted by molar-refractivity contribution is -0.125. The highest BCUT2D eigenvalue weighted by Gasteiger charge is 2.28. The smallest absolute Gasteiger partial charge is 0.323 e. The van der Waals surface area contributed by atoms with Gasteiger partial charge in [-0.1, -0.05) is 44.7 Å². The Balaban J connectivity index is 1.61. The van der Waals surface area contributed by atoms with Gasteiger partial charge < -0.3 is 30.8 Å². The van der Waals surface area contributed by atoms with Gasteiger partial charge in [-0.2, -0.15) is 0 Å². The van der Waals surface area contributed by atoms with E-state index < -0.39 is 23.9 Å². The average molecular weight is 558 g/mol. The van der Waals surface area contributed by atoms with E-state index >= 15 is 0 Å². The van der Waals surface area contributed by atoms with Gasteiger partial charge in [0.1, 0.15) is 17.8 Å². The van der Waals surface area contributed by atoms with Crippen molar-refractivity contribution < 1.29 is 23.1 Å². The molecule has 3 amide bonds. The quantitative estimate of drug-likeness (QED) is 0.218. The molecule has 4 rings (SSSR count). The molecule has 1 aliphatic rings. The van der Waals surface area contributed by atoms with E-state index in [9.17, 15) is 14.0 Å². The molecule has 1 aromatic heterocycles. The van der Waals surface area contributed by atoms with Crippen molar-refractivity contribution in [2.75, 3.05) is 16.0 Å². The molecule has 208 valence electrons. The molecule has 9 nitrogen and oxygen atoms in total. The standard InChI is InChI=1S/C28H33ClFN5O4/c1-16(2)24(17-6-4-3-5-7-17)33-22-11-9-19(39-25(26(31)36)27-32-12-13-38-27)15-23(22)35-28(37)34-21-10-8-18(29)14-20(21)30/h8-17,24-25,33H,3-7H2,1-2H3,(H2,31,36)(H2,34,35,37). The number of rotatable bonds is 10. The van der Waals surface area contributed by atoms with Gasteiger partial charge in [-0.25, -0.2) is 14.2 Å². The predicted octanol–water partition coefficient (Wildman–Crippen LogP) is 6.73. The largest absolute Gasteiger partial charge is 0.471 e. The van der Waals surface area contributed by atoms with Crippen molar-refractivity contribution in [3.8, 4) is 5.75 Å². The lowest BCUT2D eigenvalue weighted by Crippen LogP contribution is -2.35. The second-order valence-electron chi connectivity index (χ2n) is 9.99. The number of nitrogens with zero attached hydrogens (tertiary/aromatic N) is 1. The van der Waals surface area contributed by atoms with Crippen molar-refractivity contribution in [2.24, 2.45) is 17.6 Å². The Bertz CT molecular complexity index is 1280. The van der Waals surface area contributed by atoms with Crippen LogP contribution in [0.1, 0.15) is 57.9 Å². The summed E-state index contributed by atoms with van der Waals surface area (Å²) in [7, 11) is 0. The third-order valence-electron chi connectivity index (χ3n) is 6.80. The zero-order valence-corrected chi connectivity index (χ0v) is 22.6. The monoisotopic (exact) mass is 557 g/mol. The van der Waals surface area contributed by atoms with Gasteiger partial charge in [-0.3, -0.25) is 4.79 Å². The topological polar surface area (TPSA) is 132 Å². The van der Waals surface area contributed by atoms with Crippen LogP contribution in [0.5, 0.6) is 5.75 Å². The molecular formula is C28H33ClFN5O4. The molecule has 0 radical (unpaired) electrons. The van der Waals surface area contributed by atoms with Crippen molar-refractivity contribution in [2.45, 2.75) is 58.1 Å². The number of amides is 3. The van der Waals surface area contributed by atoms with Crippen LogP contribution in [0, 0.1) is 17.7 Å². The Morgan fingerprint density at radius 1 is 1.08 bits per heavy atom. The maximum Gasteiger partial charge on any atom is 0.323 e. The van der Waals surface area contributed by atoms with E-state index in [1.807, 2.05) is 0 Å². The van der Waals surface area contributed by atoms with Crippen molar-refractivity contribution in [1.29, 1.82) is 0 Å². The van der Waals surface area contributed by atoms with Crippen LogP contribution in [0.2, 0.25) is 5.02 Å². The molecule has 0 bridgehead atoms. The van der Waals surface area contributed by atoms with Crippen LogP contribution in [-0.4, -0.2) is 23.0 Å². The number of carbonyl (C=O) groups excluding carboxylic acids is 2. The zero-order chi connectivity index (χ0) is 27.9. The minimum Gasteiger partial charge on any atom is -0.471 e. The maximum absolute atomic E-state index is 14.3. The summed E-state index contributed by atoms with van der Waals surface area (Å²) in [4.78, 5) is 28.9. The number of nitrogens with two attached hydrogens (primary N) is 1. The molecular weight excluding hydrogens is 525 g/mol. The highest BCUT2D eigenvalue weighted by atomic mass is 35.5. The molecule has 0 saturated heterocycles. The van der Waals surface area contributed by atoms with Gasteiger partial charge in [0.25, 0.3) is 12.0 Å². The Hall–Kier alpha value is -3.79. The number of anilines is 3. The first-order chi connectivity index (χ1) is 18.7. The number of aromatic nitrogens is 1. The summed E-state index contributed by atoms with van der Waals surface area (Å²) in [6, 6.07) is 8.46. The molecule has 1 fully saturated rings. The predicted molar refractivity (Wildman–Crippen MR) is 148 cm³/mol. The third-order valence-corrected chi connectivity index (χ3v) is 7.04. The van der Waals surface area contributed by atoms with Crippen LogP contribution in [0.15, 0.2) is 53.3 Å². The first kappa shape index (κ1) is 28.2. The van der Waals surface area contributed by atoms with Gasteiger partial charge in [-0.05, 0) is 55.0 Å². The summed E-state index contributed by atoms with van der Waals surface area (Å²) in [5.41, 5.74) is 6.52. The SMILES string of the molecule is CC(C)C(Nc1ccc(OC(C(N)=O)c2ncco2)cc1NC(=O)Nc1ccc(Cl)cc1F)C1CCCCC1. The van der Waals surface area contributed by atoms with Gasteiger partial charge in [0.05, 0.1) is 23.3 Å². The molecule has 2 atom stereocenters. The number of ether oxygens (including phenoxy) is 1. The second kappa shape index (κ2) is 12.8. The zero-order valence-electron chi connectivity index (χ0n) is 21.9. The van der Waals surface area contributed by atoms with Crippen LogP contribution in [0.25, 0.3) is 0 Å². The van der Waals surface area contributed by atoms with Gasteiger partial charge in [-0.15, -0.1) is 0 Å². The molecule has 2 unspecified atom stereocenters. The van der Waals surface area contributed by atoms with Crippen LogP contribution in [0.3, 0.4) is 0 Å². The number of primary amides is 1. The normalized spacial score (nSPS) is 15.4. The average Bonchev–Trinajstić information content (AvgIpc) is 3.43. The fourth-order valence-electron chi connectivity index (χ4n) is 4.92. The van der Waals surface area contributed by atoms with E-state index in [4.69, 9.17) is 26.5 Å². The van der Waals surface area contributed by atoms with Crippen LogP contribution >= 0.6 is 11.6 Å². The van der Waals surface area contributed by atoms with Gasteiger partial charge in [0.2, 0.25) is 5.89 Å². The fourth-order valence-corrected chi connectivity index (χ4v) is 5.08. The first-order valence-corrected chi connectivity index (χ1v) is 13.4. The van der Waals surface area contributed by atoms with Crippen LogP contribution in [-0.2, 0) is 4.79 Å². The Kier molecular flexibility index (Phi) is 9.29. The second-order valence-corrected chi connectivity index (χ2v) is 10.4. The number of nitrogens with one attached hydrogen (secondary N) is 3. The van der Waals surface area contributed by atoms with Gasteiger partial charge in [0, 0.05) is 17.1 Å². The minimum atomic E-state index is -1.27. The molecule has 2 aromatic carbocycles. The van der Waals surface area contributed by atoms with Crippen LogP contribution < -0.4 is 26.4 Å². The number of urea groups is 1. The molecule has 1 saturated carbocycles. The van der Waals surface area contributed by atoms with Gasteiger partial charge in [0.15, 0.2) is 0 Å². The third kappa shape index (κ3) is 7.41. The summed E-state index contributed by atoms with van der Waals surface area (Å²) in [6.45, 7) is 4.33. The molecule has 1 aliphatic carbocycles. The molecule has 11 heteroatoms. The minimum absolute atomic E-state index is 0.00679. The molecule has 3 aromatic rings. The maximum atomic E-state index is 14.3. The molecule has 39 heavy (non-hydrogen) atoms. The summed E-state index contributed by atoms with van der Waals surface area (Å²) in [5.74, 6) is -0.383. The lowest BCUT2D eigenvalue weighted by atomic mass is 9.79. The molecule has 1 heterocycles. The molecule has 0 spiro atoms. The fraction of sp³-hybridized carbons (Fsp3) is 0.393. The van der Waals surface area contributed by atoms with Gasteiger partial charge >= 0.3 is 6.03 Å². The number of hydrogen-bond acceptors (Lipinski definition) is 6. The number of halogens is 2. The summed E-state index contributed by atoms with van der Waals surface area (Å²) >= 11 is 5.83. The summed E-state index contributed by atoms with van der Waals surface area (Å²) in [6.07, 6.45) is 7.31. The highest BCUT2D eigenvalue weighted by Crippen LogP contribution is 2.35. The van der Waals surface area contributed by atoms with E-state index in [0.717, 1.165) is 18.9 Å². The Morgan fingerprint density at radius 3 is 2.44 bits per heavy atom.